The summed E-state index contributed by atoms with van der Waals surface area (Å²) in [6.07, 6.45) is -7.58. The van der Waals surface area contributed by atoms with Gasteiger partial charge in [-0.1, -0.05) is 0 Å². The average molecular weight is 257 g/mol. The van der Waals surface area contributed by atoms with Crippen LogP contribution >= 0.6 is 0 Å². The number of carboxylic acids is 2. The van der Waals surface area contributed by atoms with Crippen LogP contribution in [0.15, 0.2) is 0 Å². The zero-order valence-corrected chi connectivity index (χ0v) is 8.45. The van der Waals surface area contributed by atoms with Gasteiger partial charge in [-0.3, -0.25) is 9.59 Å². The fraction of sp³-hybridized carbons (Fsp3) is 0.625. The number of nitrogens with one attached hydrogen (secondary N) is 1. The lowest BCUT2D eigenvalue weighted by atomic mass is 10.1. The molecule has 1 atom stereocenters. The molecule has 0 aromatic rings. The molecule has 0 bridgehead atoms. The summed E-state index contributed by atoms with van der Waals surface area (Å²) in [6, 6.07) is -1.64. The zero-order valence-electron chi connectivity index (χ0n) is 8.45. The van der Waals surface area contributed by atoms with E-state index in [9.17, 15) is 27.6 Å². The normalized spacial score (nSPS) is 12.9. The zero-order chi connectivity index (χ0) is 13.6. The molecule has 0 aliphatic rings. The van der Waals surface area contributed by atoms with Crippen molar-refractivity contribution in [3.8, 4) is 0 Å². The molecule has 0 heterocycles. The SMILES string of the molecule is O=C(O)CCC(NC(=O)CC(F)(F)F)C(=O)O. The number of aliphatic carboxylic acids is 2. The van der Waals surface area contributed by atoms with Gasteiger partial charge in [-0.15, -0.1) is 0 Å². The van der Waals surface area contributed by atoms with Crippen molar-refractivity contribution in [2.45, 2.75) is 31.5 Å². The van der Waals surface area contributed by atoms with Gasteiger partial charge in [0.15, 0.2) is 0 Å². The van der Waals surface area contributed by atoms with Gasteiger partial charge in [-0.2, -0.15) is 13.2 Å². The molecule has 17 heavy (non-hydrogen) atoms. The highest BCUT2D eigenvalue weighted by Crippen LogP contribution is 2.19. The van der Waals surface area contributed by atoms with Gasteiger partial charge in [0.25, 0.3) is 0 Å². The first-order valence-electron chi connectivity index (χ1n) is 4.42. The largest absolute Gasteiger partial charge is 0.481 e. The van der Waals surface area contributed by atoms with Crippen molar-refractivity contribution < 1.29 is 37.8 Å². The molecule has 1 amide bonds. The topological polar surface area (TPSA) is 104 Å². The summed E-state index contributed by atoms with van der Waals surface area (Å²) in [5, 5.41) is 18.4. The third-order valence-electron chi connectivity index (χ3n) is 1.64. The Morgan fingerprint density at radius 1 is 1.18 bits per heavy atom. The minimum Gasteiger partial charge on any atom is -0.481 e. The quantitative estimate of drug-likeness (QED) is 0.637. The molecule has 98 valence electrons. The second-order valence-corrected chi connectivity index (χ2v) is 3.18. The molecule has 0 fully saturated rings. The summed E-state index contributed by atoms with van der Waals surface area (Å²) >= 11 is 0. The first kappa shape index (κ1) is 15.2. The Hall–Kier alpha value is -1.80. The Balaban J connectivity index is 4.30. The van der Waals surface area contributed by atoms with Crippen LogP contribution < -0.4 is 5.32 Å². The predicted molar refractivity (Wildman–Crippen MR) is 47.1 cm³/mol. The van der Waals surface area contributed by atoms with Crippen molar-refractivity contribution in [2.75, 3.05) is 0 Å². The first-order valence-corrected chi connectivity index (χ1v) is 4.42. The minimum atomic E-state index is -4.74. The number of hydrogen-bond acceptors (Lipinski definition) is 3. The van der Waals surface area contributed by atoms with E-state index in [0.29, 0.717) is 0 Å². The molecule has 6 nitrogen and oxygen atoms in total. The van der Waals surface area contributed by atoms with Crippen LogP contribution in [0, 0.1) is 0 Å². The standard InChI is InChI=1S/C8H10F3NO5/c9-8(10,11)3-5(13)12-4(7(16)17)1-2-6(14)15/h4H,1-3H2,(H,12,13)(H,14,15)(H,16,17). The van der Waals surface area contributed by atoms with Crippen molar-refractivity contribution in [3.63, 3.8) is 0 Å². The van der Waals surface area contributed by atoms with Crippen LogP contribution in [0.5, 0.6) is 0 Å². The number of carbonyl (C=O) groups excluding carboxylic acids is 1. The van der Waals surface area contributed by atoms with Crippen molar-refractivity contribution in [2.24, 2.45) is 0 Å². The Morgan fingerprint density at radius 2 is 1.71 bits per heavy atom. The summed E-state index contributed by atoms with van der Waals surface area (Å²) in [5.41, 5.74) is 0. The van der Waals surface area contributed by atoms with Gasteiger partial charge < -0.3 is 15.5 Å². The number of hydrogen-bond donors (Lipinski definition) is 3. The highest BCUT2D eigenvalue weighted by atomic mass is 19.4. The molecule has 0 spiro atoms. The molecule has 0 radical (unpaired) electrons. The van der Waals surface area contributed by atoms with Gasteiger partial charge in [-0.05, 0) is 6.42 Å². The minimum absolute atomic E-state index is 0.478. The lowest BCUT2D eigenvalue weighted by molar-refractivity contribution is -0.157. The number of alkyl halides is 3. The molecule has 1 unspecified atom stereocenters. The Labute approximate surface area is 93.4 Å². The van der Waals surface area contributed by atoms with E-state index in [0.717, 1.165) is 0 Å². The van der Waals surface area contributed by atoms with Gasteiger partial charge in [0.2, 0.25) is 5.91 Å². The fourth-order valence-corrected chi connectivity index (χ4v) is 0.953. The summed E-state index contributed by atoms with van der Waals surface area (Å²) in [5.74, 6) is -4.39. The molecular formula is C8H10F3NO5. The number of amides is 1. The highest BCUT2D eigenvalue weighted by Gasteiger charge is 2.33. The van der Waals surface area contributed by atoms with Gasteiger partial charge >= 0.3 is 18.1 Å². The maximum atomic E-state index is 11.8. The summed E-state index contributed by atoms with van der Waals surface area (Å²) in [7, 11) is 0. The fourth-order valence-electron chi connectivity index (χ4n) is 0.953. The number of halogens is 3. The molecule has 0 rings (SSSR count). The van der Waals surface area contributed by atoms with E-state index in [-0.39, 0.29) is 0 Å². The van der Waals surface area contributed by atoms with Gasteiger partial charge in [0.1, 0.15) is 12.5 Å². The van der Waals surface area contributed by atoms with Gasteiger partial charge in [0.05, 0.1) is 0 Å². The average Bonchev–Trinajstić information content (AvgIpc) is 2.08. The molecule has 0 aromatic carbocycles. The van der Waals surface area contributed by atoms with E-state index < -0.39 is 49.3 Å². The second-order valence-electron chi connectivity index (χ2n) is 3.18. The molecular weight excluding hydrogens is 247 g/mol. The summed E-state index contributed by atoms with van der Waals surface area (Å²) < 4.78 is 35.3. The van der Waals surface area contributed by atoms with Crippen LogP contribution in [0.4, 0.5) is 13.2 Å². The highest BCUT2D eigenvalue weighted by molar-refractivity contribution is 5.84. The van der Waals surface area contributed by atoms with E-state index in [1.807, 2.05) is 0 Å². The summed E-state index contributed by atoms with van der Waals surface area (Å²) in [4.78, 5) is 31.5. The lowest BCUT2D eigenvalue weighted by Gasteiger charge is -2.14. The molecule has 9 heteroatoms. The van der Waals surface area contributed by atoms with Crippen LogP contribution in [-0.2, 0) is 14.4 Å². The van der Waals surface area contributed by atoms with Crippen LogP contribution in [0.1, 0.15) is 19.3 Å². The van der Waals surface area contributed by atoms with Gasteiger partial charge in [-0.25, -0.2) is 4.79 Å². The van der Waals surface area contributed by atoms with Crippen LogP contribution in [0.25, 0.3) is 0 Å². The van der Waals surface area contributed by atoms with Crippen molar-refractivity contribution in [1.82, 2.24) is 5.32 Å². The number of rotatable bonds is 6. The van der Waals surface area contributed by atoms with Crippen molar-refractivity contribution in [3.05, 3.63) is 0 Å². The summed E-state index contributed by atoms with van der Waals surface area (Å²) in [6.45, 7) is 0. The Kier molecular flexibility index (Phi) is 5.42. The first-order chi connectivity index (χ1) is 7.61. The van der Waals surface area contributed by atoms with Crippen molar-refractivity contribution in [1.29, 1.82) is 0 Å². The molecule has 0 saturated heterocycles. The number of carbonyl (C=O) groups is 3. The van der Waals surface area contributed by atoms with Crippen molar-refractivity contribution >= 4 is 17.8 Å². The third-order valence-corrected chi connectivity index (χ3v) is 1.64. The maximum Gasteiger partial charge on any atom is 0.397 e. The molecule has 0 aromatic heterocycles. The predicted octanol–water partition coefficient (Wildman–Crippen LogP) is 0.373. The molecule has 3 N–H and O–H groups in total. The smallest absolute Gasteiger partial charge is 0.397 e. The van der Waals surface area contributed by atoms with E-state index in [2.05, 4.69) is 0 Å². The van der Waals surface area contributed by atoms with Crippen LogP contribution in [-0.4, -0.2) is 40.3 Å². The van der Waals surface area contributed by atoms with Crippen LogP contribution in [0.2, 0.25) is 0 Å². The Morgan fingerprint density at radius 3 is 2.06 bits per heavy atom. The van der Waals surface area contributed by atoms with E-state index in [1.54, 1.807) is 5.32 Å². The monoisotopic (exact) mass is 257 g/mol. The molecule has 0 aliphatic carbocycles. The van der Waals surface area contributed by atoms with E-state index >= 15 is 0 Å². The second kappa shape index (κ2) is 6.06. The Bertz CT molecular complexity index is 315. The maximum absolute atomic E-state index is 11.8. The van der Waals surface area contributed by atoms with Crippen LogP contribution in [0.3, 0.4) is 0 Å². The lowest BCUT2D eigenvalue weighted by Crippen LogP contribution is -2.42. The number of carboxylic acid groups (broad SMARTS) is 2. The molecule has 0 aliphatic heterocycles. The van der Waals surface area contributed by atoms with Gasteiger partial charge in [0, 0.05) is 6.42 Å². The van der Waals surface area contributed by atoms with E-state index in [4.69, 9.17) is 10.2 Å². The third kappa shape index (κ3) is 8.05. The van der Waals surface area contributed by atoms with E-state index in [1.165, 1.54) is 0 Å². The molecule has 0 saturated carbocycles.